The number of aromatic hydroxyl groups is 1. The number of carbonyl (C=O) groups is 2. The zero-order chi connectivity index (χ0) is 38.9. The van der Waals surface area contributed by atoms with Gasteiger partial charge < -0.3 is 49.8 Å². The molecule has 4 aromatic rings. The van der Waals surface area contributed by atoms with Crippen molar-refractivity contribution in [2.75, 3.05) is 6.54 Å². The summed E-state index contributed by atoms with van der Waals surface area (Å²) in [5, 5.41) is 29.4. The predicted molar refractivity (Wildman–Crippen MR) is 188 cm³/mol. The van der Waals surface area contributed by atoms with E-state index in [1.807, 2.05) is 0 Å². The predicted octanol–water partition coefficient (Wildman–Crippen LogP) is 1.57. The minimum Gasteiger partial charge on any atom is -0.778 e. The molecule has 0 saturated heterocycles. The number of nitrogens with zero attached hydrogens (tertiary/aromatic N) is 4. The maximum absolute atomic E-state index is 13.2. The number of nitrogens with one attached hydrogen (secondary N) is 1. The lowest BCUT2D eigenvalue weighted by molar-refractivity contribution is -0.701. The number of nitrogens with two attached hydrogens (primary N) is 1. The third-order valence-electron chi connectivity index (χ3n) is 8.66. The lowest BCUT2D eigenvalue weighted by atomic mass is 9.90. The summed E-state index contributed by atoms with van der Waals surface area (Å²) < 4.78 is 32.2. The van der Waals surface area contributed by atoms with Gasteiger partial charge in [0.25, 0.3) is 5.91 Å². The fraction of sp³-hybridized carbons (Fsp3) is 0.176. The van der Waals surface area contributed by atoms with E-state index < -0.39 is 44.9 Å². The van der Waals surface area contributed by atoms with E-state index in [9.17, 15) is 53.3 Å². The van der Waals surface area contributed by atoms with Gasteiger partial charge in [-0.2, -0.15) is 0 Å². The van der Waals surface area contributed by atoms with Crippen LogP contribution >= 0.6 is 15.2 Å². The van der Waals surface area contributed by atoms with Crippen molar-refractivity contribution in [1.29, 1.82) is 0 Å². The molecule has 2 aliphatic rings. The molecule has 0 fully saturated rings. The zero-order valence-corrected chi connectivity index (χ0v) is 29.7. The molecule has 3 atom stereocenters. The lowest BCUT2D eigenvalue weighted by Crippen LogP contribution is -2.40. The summed E-state index contributed by atoms with van der Waals surface area (Å²) in [6.45, 7) is 0.295. The van der Waals surface area contributed by atoms with Crippen LogP contribution in [0.2, 0.25) is 0 Å². The van der Waals surface area contributed by atoms with Gasteiger partial charge in [0, 0.05) is 52.9 Å². The van der Waals surface area contributed by atoms with Crippen LogP contribution in [-0.4, -0.2) is 63.7 Å². The molecule has 0 spiro atoms. The normalized spacial score (nSPS) is 14.1. The molecule has 18 nitrogen and oxygen atoms in total. The van der Waals surface area contributed by atoms with Crippen molar-refractivity contribution in [1.82, 2.24) is 20.3 Å². The first-order chi connectivity index (χ1) is 25.5. The van der Waals surface area contributed by atoms with Gasteiger partial charge in [0.1, 0.15) is 41.8 Å². The molecule has 8 N–H and O–H groups in total. The third kappa shape index (κ3) is 8.30. The van der Waals surface area contributed by atoms with Gasteiger partial charge >= 0.3 is 13.6 Å². The topological polar surface area (TPSA) is 295 Å². The molecular weight excluding hydrogens is 746 g/mol. The van der Waals surface area contributed by atoms with E-state index in [0.717, 1.165) is 0 Å². The second-order valence-corrected chi connectivity index (χ2v) is 16.3. The standard InChI is InChI=1S/C34H32N6O12P2/c35-15-22(18-39-9-7-19(8-10-39)11-31(53(46,47)48)54(49,50)51)40-17-21(37-38-40)16-36-33(43)20-1-4-25(28(12-20)34(44)45)32-26-5-2-23(41)13-29(26)52-30-14-24(42)3-6-27(30)32/h1-10,12-14,17,22,31H,11,15-16,18,35H2,(H6-,36,41,42,43,44,45,46,47,48,49,50,51). The Balaban J connectivity index is 1.17. The second-order valence-electron chi connectivity index (χ2n) is 12.4. The Labute approximate surface area is 304 Å². The minimum atomic E-state index is -5.33. The van der Waals surface area contributed by atoms with Crippen LogP contribution in [0.4, 0.5) is 0 Å². The number of carboxylic acid groups (broad SMARTS) is 1. The number of carboxylic acids is 1. The summed E-state index contributed by atoms with van der Waals surface area (Å²) in [6, 6.07) is 15.1. The summed E-state index contributed by atoms with van der Waals surface area (Å²) in [4.78, 5) is 77.4. The van der Waals surface area contributed by atoms with Gasteiger partial charge in [-0.25, -0.2) is 14.0 Å². The number of benzene rings is 3. The van der Waals surface area contributed by atoms with E-state index in [4.69, 9.17) is 10.2 Å². The Morgan fingerprint density at radius 2 is 1.72 bits per heavy atom. The molecular formula is C34H32N6O12P2. The highest BCUT2D eigenvalue weighted by Gasteiger charge is 2.37. The quantitative estimate of drug-likeness (QED) is 0.0497. The number of amides is 1. The van der Waals surface area contributed by atoms with Gasteiger partial charge in [-0.1, -0.05) is 11.3 Å². The molecule has 1 aliphatic heterocycles. The van der Waals surface area contributed by atoms with Crippen LogP contribution in [0.1, 0.15) is 38.0 Å². The molecule has 0 saturated carbocycles. The molecule has 54 heavy (non-hydrogen) atoms. The fourth-order valence-electron chi connectivity index (χ4n) is 5.97. The third-order valence-corrected chi connectivity index (χ3v) is 12.3. The van der Waals surface area contributed by atoms with Gasteiger partial charge in [-0.3, -0.25) is 14.2 Å². The molecule has 20 heteroatoms. The lowest BCUT2D eigenvalue weighted by Gasteiger charge is -2.27. The van der Waals surface area contributed by atoms with Crippen LogP contribution in [-0.2, 0) is 28.6 Å². The molecule has 3 unspecified atom stereocenters. The zero-order valence-electron chi connectivity index (χ0n) is 27.9. The molecule has 2 aromatic carbocycles. The largest absolute Gasteiger partial charge is 0.778 e. The minimum absolute atomic E-state index is 0.0427. The van der Waals surface area contributed by atoms with E-state index in [2.05, 4.69) is 15.6 Å². The number of hydrogen-bond donors (Lipinski definition) is 7. The summed E-state index contributed by atoms with van der Waals surface area (Å²) in [5.74, 6) is -1.82. The second kappa shape index (κ2) is 15.0. The number of aromatic carboxylic acids is 1. The van der Waals surface area contributed by atoms with Gasteiger partial charge in [-0.05, 0) is 53.9 Å². The Kier molecular flexibility index (Phi) is 10.6. The molecule has 1 aliphatic carbocycles. The first-order valence-corrected chi connectivity index (χ1v) is 19.4. The molecule has 0 bridgehead atoms. The molecule has 1 amide bonds. The monoisotopic (exact) mass is 778 g/mol. The Morgan fingerprint density at radius 3 is 2.39 bits per heavy atom. The highest BCUT2D eigenvalue weighted by atomic mass is 31.2. The first kappa shape index (κ1) is 38.2. The number of fused-ring (bicyclic) bond motifs is 2. The summed E-state index contributed by atoms with van der Waals surface area (Å²) >= 11 is 0. The van der Waals surface area contributed by atoms with Crippen molar-refractivity contribution in [3.8, 4) is 28.2 Å². The highest BCUT2D eigenvalue weighted by Crippen LogP contribution is 2.58. The maximum Gasteiger partial charge on any atom is 0.337 e. The summed E-state index contributed by atoms with van der Waals surface area (Å²) in [5.41, 5.74) is 7.48. The van der Waals surface area contributed by atoms with Crippen molar-refractivity contribution in [2.45, 2.75) is 31.0 Å². The number of carbonyl (C=O) groups excluding carboxylic acids is 1. The fourth-order valence-corrected chi connectivity index (χ4v) is 8.38. The van der Waals surface area contributed by atoms with Gasteiger partial charge in [0.15, 0.2) is 24.4 Å². The average Bonchev–Trinajstić information content (AvgIpc) is 3.59. The molecule has 280 valence electrons. The van der Waals surface area contributed by atoms with Gasteiger partial charge in [0.2, 0.25) is 0 Å². The molecule has 3 heterocycles. The average molecular weight is 779 g/mol. The molecule has 6 rings (SSSR count). The van der Waals surface area contributed by atoms with Crippen molar-refractivity contribution in [3.63, 3.8) is 0 Å². The Hall–Kier alpha value is -5.58. The van der Waals surface area contributed by atoms with Crippen molar-refractivity contribution < 1.29 is 57.5 Å². The van der Waals surface area contributed by atoms with Gasteiger partial charge in [0.05, 0.1) is 18.3 Å². The maximum atomic E-state index is 13.2. The summed E-state index contributed by atoms with van der Waals surface area (Å²) in [7, 11) is -10.5. The van der Waals surface area contributed by atoms with E-state index >= 15 is 0 Å². The van der Waals surface area contributed by atoms with E-state index in [1.165, 1.54) is 65.3 Å². The van der Waals surface area contributed by atoms with Crippen LogP contribution in [0.5, 0.6) is 5.75 Å². The number of rotatable bonds is 13. The number of phenolic OH excluding ortho intramolecular Hbond substituents is 1. The van der Waals surface area contributed by atoms with Crippen LogP contribution in [0, 0.1) is 0 Å². The highest BCUT2D eigenvalue weighted by molar-refractivity contribution is 7.70. The SMILES string of the molecule is NCC(C[n+]1ccc(CC(P(=O)([O-])O)P(=O)(O)O)cc1)n1cc(CNC(=O)c2ccc(-c3c4ccc(=O)cc-4oc4cc(O)ccc34)c(C(=O)O)c2)nn1. The number of phenols is 1. The first-order valence-electron chi connectivity index (χ1n) is 16.0. The van der Waals surface area contributed by atoms with Crippen molar-refractivity contribution in [2.24, 2.45) is 5.73 Å². The van der Waals surface area contributed by atoms with E-state index in [-0.39, 0.29) is 64.4 Å². The van der Waals surface area contributed by atoms with Crippen LogP contribution in [0.25, 0.3) is 33.4 Å². The van der Waals surface area contributed by atoms with Crippen LogP contribution in [0.3, 0.4) is 0 Å². The van der Waals surface area contributed by atoms with Crippen molar-refractivity contribution in [3.05, 3.63) is 118 Å². The van der Waals surface area contributed by atoms with Crippen molar-refractivity contribution >= 4 is 38.0 Å². The van der Waals surface area contributed by atoms with E-state index in [0.29, 0.717) is 22.2 Å². The molecule has 0 radical (unpaired) electrons. The summed E-state index contributed by atoms with van der Waals surface area (Å²) in [6.07, 6.45) is 4.05. The Bertz CT molecular complexity index is 2490. The van der Waals surface area contributed by atoms with Crippen LogP contribution in [0.15, 0.2) is 94.5 Å². The number of pyridine rings is 1. The van der Waals surface area contributed by atoms with Crippen LogP contribution < -0.4 is 25.9 Å². The number of hydrogen-bond acceptors (Lipinski definition) is 11. The smallest absolute Gasteiger partial charge is 0.337 e. The Morgan fingerprint density at radius 1 is 1.00 bits per heavy atom. The van der Waals surface area contributed by atoms with Gasteiger partial charge in [-0.15, -0.1) is 5.10 Å². The number of aromatic nitrogens is 4. The van der Waals surface area contributed by atoms with E-state index in [1.54, 1.807) is 29.2 Å². The molecule has 2 aromatic heterocycles.